The molecule has 1 aliphatic heterocycles. The maximum absolute atomic E-state index is 11.7. The Morgan fingerprint density at radius 1 is 1.50 bits per heavy atom. The van der Waals surface area contributed by atoms with Gasteiger partial charge in [-0.25, -0.2) is 0 Å². The van der Waals surface area contributed by atoms with E-state index in [2.05, 4.69) is 0 Å². The van der Waals surface area contributed by atoms with Crippen molar-refractivity contribution in [2.24, 2.45) is 5.73 Å². The van der Waals surface area contributed by atoms with Gasteiger partial charge in [0.05, 0.1) is 5.41 Å². The van der Waals surface area contributed by atoms with Crippen LogP contribution in [0.3, 0.4) is 0 Å². The number of rotatable bonds is 2. The molecule has 1 rings (SSSR count). The largest absolute Gasteiger partial charge is 0.369 e. The van der Waals surface area contributed by atoms with E-state index >= 15 is 0 Å². The first-order valence-electron chi connectivity index (χ1n) is 4.71. The van der Waals surface area contributed by atoms with E-state index < -0.39 is 33.7 Å². The van der Waals surface area contributed by atoms with Crippen LogP contribution < -0.4 is 5.73 Å². The zero-order valence-electron chi connectivity index (χ0n) is 9.61. The third-order valence-electron chi connectivity index (χ3n) is 2.51. The lowest BCUT2D eigenvalue weighted by molar-refractivity contribution is -0.135. The van der Waals surface area contributed by atoms with E-state index in [4.69, 9.17) is 10.3 Å². The third kappa shape index (κ3) is 2.58. The minimum atomic E-state index is -4.53. The van der Waals surface area contributed by atoms with Crippen LogP contribution in [0.25, 0.3) is 0 Å². The van der Waals surface area contributed by atoms with Crippen molar-refractivity contribution in [3.8, 4) is 0 Å². The number of nitrogens with two attached hydrogens (primary N) is 1. The van der Waals surface area contributed by atoms with Crippen LogP contribution in [0.1, 0.15) is 6.92 Å². The Hall–Kier alpha value is -1.71. The van der Waals surface area contributed by atoms with Crippen LogP contribution in [0.2, 0.25) is 0 Å². The molecule has 0 aromatic carbocycles. The molecular formula is C9H12N2O6S. The SMILES string of the molecule is CC1=C(C(N)=O)C(=O)N(C)C(O)C1=CS(=O)(=O)O. The monoisotopic (exact) mass is 276 g/mol. The molecule has 18 heavy (non-hydrogen) atoms. The van der Waals surface area contributed by atoms with Crippen LogP contribution in [-0.4, -0.2) is 48.1 Å². The van der Waals surface area contributed by atoms with Crippen molar-refractivity contribution < 1.29 is 27.7 Å². The van der Waals surface area contributed by atoms with Gasteiger partial charge in [-0.3, -0.25) is 14.1 Å². The maximum atomic E-state index is 11.7. The lowest BCUT2D eigenvalue weighted by atomic mass is 9.95. The van der Waals surface area contributed by atoms with Gasteiger partial charge in [-0.15, -0.1) is 0 Å². The van der Waals surface area contributed by atoms with E-state index in [1.54, 1.807) is 0 Å². The molecule has 9 heteroatoms. The molecule has 1 heterocycles. The van der Waals surface area contributed by atoms with E-state index in [9.17, 15) is 23.1 Å². The van der Waals surface area contributed by atoms with E-state index in [-0.39, 0.29) is 11.1 Å². The Labute approximate surface area is 103 Å². The van der Waals surface area contributed by atoms with Gasteiger partial charge in [0.2, 0.25) is 0 Å². The summed E-state index contributed by atoms with van der Waals surface area (Å²) in [6.07, 6.45) is -1.58. The zero-order chi connectivity index (χ0) is 14.2. The lowest BCUT2D eigenvalue weighted by Crippen LogP contribution is -2.46. The Morgan fingerprint density at radius 3 is 2.39 bits per heavy atom. The Bertz CT molecular complexity index is 574. The summed E-state index contributed by atoms with van der Waals surface area (Å²) in [6.45, 7) is 1.26. The van der Waals surface area contributed by atoms with Crippen molar-refractivity contribution in [1.82, 2.24) is 4.90 Å². The van der Waals surface area contributed by atoms with E-state index in [1.165, 1.54) is 14.0 Å². The second kappa shape index (κ2) is 4.52. The van der Waals surface area contributed by atoms with Crippen molar-refractivity contribution in [1.29, 1.82) is 0 Å². The number of aliphatic hydroxyl groups excluding tert-OH is 1. The molecule has 0 fully saturated rings. The van der Waals surface area contributed by atoms with Crippen molar-refractivity contribution in [3.05, 3.63) is 22.1 Å². The van der Waals surface area contributed by atoms with Crippen LogP contribution in [0.15, 0.2) is 22.1 Å². The maximum Gasteiger partial charge on any atom is 0.288 e. The van der Waals surface area contributed by atoms with E-state index in [1.807, 2.05) is 0 Å². The van der Waals surface area contributed by atoms with Gasteiger partial charge in [0.15, 0.2) is 6.23 Å². The normalized spacial score (nSPS) is 23.8. The fraction of sp³-hybridized carbons (Fsp3) is 0.333. The molecule has 1 atom stereocenters. The van der Waals surface area contributed by atoms with Gasteiger partial charge in [-0.1, -0.05) is 0 Å². The Kier molecular flexibility index (Phi) is 3.60. The van der Waals surface area contributed by atoms with Crippen LogP contribution in [0.5, 0.6) is 0 Å². The standard InChI is InChI=1S/C9H12N2O6S/c1-4-5(3-18(15,16)17)8(13)11(2)9(14)6(4)7(10)12/h3,8,13H,1-2H3,(H2,10,12)(H,15,16,17). The van der Waals surface area contributed by atoms with Crippen LogP contribution >= 0.6 is 0 Å². The molecule has 0 saturated carbocycles. The number of hydrogen-bond donors (Lipinski definition) is 3. The second-order valence-corrected chi connectivity index (χ2v) is 5.01. The fourth-order valence-electron chi connectivity index (χ4n) is 1.59. The summed E-state index contributed by atoms with van der Waals surface area (Å²) in [5, 5.41) is 10.1. The summed E-state index contributed by atoms with van der Waals surface area (Å²) in [5.41, 5.74) is 4.21. The fourth-order valence-corrected chi connectivity index (χ4v) is 2.21. The quantitative estimate of drug-likeness (QED) is 0.408. The van der Waals surface area contributed by atoms with Crippen molar-refractivity contribution in [2.75, 3.05) is 7.05 Å². The predicted octanol–water partition coefficient (Wildman–Crippen LogP) is -1.65. The number of amides is 2. The van der Waals surface area contributed by atoms with Gasteiger partial charge in [-0.2, -0.15) is 8.42 Å². The zero-order valence-corrected chi connectivity index (χ0v) is 10.4. The second-order valence-electron chi connectivity index (χ2n) is 3.74. The van der Waals surface area contributed by atoms with E-state index in [0.717, 1.165) is 4.90 Å². The average Bonchev–Trinajstić information content (AvgIpc) is 2.20. The molecule has 100 valence electrons. The third-order valence-corrected chi connectivity index (χ3v) is 3.06. The number of likely N-dealkylation sites (N-methyl/N-ethyl adjacent to an activating group) is 1. The summed E-state index contributed by atoms with van der Waals surface area (Å²) < 4.78 is 30.3. The first kappa shape index (κ1) is 14.4. The molecule has 1 aliphatic rings. The highest BCUT2D eigenvalue weighted by atomic mass is 32.2. The van der Waals surface area contributed by atoms with Gasteiger partial charge >= 0.3 is 0 Å². The molecule has 8 nitrogen and oxygen atoms in total. The highest BCUT2D eigenvalue weighted by Crippen LogP contribution is 2.27. The summed E-state index contributed by atoms with van der Waals surface area (Å²) in [6, 6.07) is 0. The lowest BCUT2D eigenvalue weighted by Gasteiger charge is -2.32. The summed E-state index contributed by atoms with van der Waals surface area (Å²) in [5.74, 6) is -1.86. The Morgan fingerprint density at radius 2 is 2.00 bits per heavy atom. The van der Waals surface area contributed by atoms with Crippen LogP contribution in [0, 0.1) is 0 Å². The van der Waals surface area contributed by atoms with Crippen molar-refractivity contribution in [2.45, 2.75) is 13.2 Å². The van der Waals surface area contributed by atoms with Gasteiger partial charge in [0, 0.05) is 12.6 Å². The molecule has 4 N–H and O–H groups in total. The first-order valence-corrected chi connectivity index (χ1v) is 6.22. The van der Waals surface area contributed by atoms with Gasteiger partial charge < -0.3 is 15.7 Å². The minimum absolute atomic E-state index is 0.0873. The number of primary amides is 1. The smallest absolute Gasteiger partial charge is 0.288 e. The van der Waals surface area contributed by atoms with Crippen LogP contribution in [0.4, 0.5) is 0 Å². The number of carbonyl (C=O) groups excluding carboxylic acids is 2. The molecule has 0 saturated heterocycles. The molecule has 0 spiro atoms. The van der Waals surface area contributed by atoms with Crippen LogP contribution in [-0.2, 0) is 19.7 Å². The molecule has 0 radical (unpaired) electrons. The highest BCUT2D eigenvalue weighted by Gasteiger charge is 2.36. The topological polar surface area (TPSA) is 138 Å². The van der Waals surface area contributed by atoms with Gasteiger partial charge in [-0.05, 0) is 12.5 Å². The molecular weight excluding hydrogens is 264 g/mol. The molecule has 0 aromatic heterocycles. The molecule has 1 unspecified atom stereocenters. The van der Waals surface area contributed by atoms with E-state index in [0.29, 0.717) is 5.41 Å². The van der Waals surface area contributed by atoms with Crippen molar-refractivity contribution in [3.63, 3.8) is 0 Å². The number of nitrogens with zero attached hydrogens (tertiary/aromatic N) is 1. The molecule has 0 aromatic rings. The number of hydrogen-bond acceptors (Lipinski definition) is 5. The minimum Gasteiger partial charge on any atom is -0.369 e. The average molecular weight is 276 g/mol. The number of carbonyl (C=O) groups is 2. The summed E-state index contributed by atoms with van der Waals surface area (Å²) in [4.78, 5) is 23.5. The number of aliphatic hydroxyl groups is 1. The first-order chi connectivity index (χ1) is 8.06. The van der Waals surface area contributed by atoms with Gasteiger partial charge in [0.1, 0.15) is 5.57 Å². The Balaban J connectivity index is 3.57. The van der Waals surface area contributed by atoms with Gasteiger partial charge in [0.25, 0.3) is 21.9 Å². The molecule has 0 bridgehead atoms. The molecule has 0 aliphatic carbocycles. The van der Waals surface area contributed by atoms with Crippen molar-refractivity contribution >= 4 is 21.9 Å². The highest BCUT2D eigenvalue weighted by molar-refractivity contribution is 7.88. The summed E-state index contributed by atoms with van der Waals surface area (Å²) in [7, 11) is -3.36. The predicted molar refractivity (Wildman–Crippen MR) is 60.3 cm³/mol. The molecule has 2 amide bonds. The summed E-state index contributed by atoms with van der Waals surface area (Å²) >= 11 is 0.